The molecule has 0 bridgehead atoms. The summed E-state index contributed by atoms with van der Waals surface area (Å²) in [6.07, 6.45) is 0.671. The average molecular weight is 245 g/mol. The standard InChI is InChI=1S/C11H11N5O2/c1-6-4-7(5-12)14-11(13-6)15-8-2-3-9(17)16-10(8)18/h4,8H,2-3H2,1H3,(H,13,14,15)(H,16,17,18). The number of rotatable bonds is 2. The van der Waals surface area contributed by atoms with Crippen molar-refractivity contribution in [3.8, 4) is 6.07 Å². The second-order valence-corrected chi connectivity index (χ2v) is 3.98. The van der Waals surface area contributed by atoms with Crippen molar-refractivity contribution in [3.05, 3.63) is 17.5 Å². The van der Waals surface area contributed by atoms with E-state index in [4.69, 9.17) is 5.26 Å². The van der Waals surface area contributed by atoms with Crippen molar-refractivity contribution in [1.82, 2.24) is 15.3 Å². The summed E-state index contributed by atoms with van der Waals surface area (Å²) in [5.74, 6) is -0.447. The van der Waals surface area contributed by atoms with E-state index in [1.165, 1.54) is 0 Å². The lowest BCUT2D eigenvalue weighted by molar-refractivity contribution is -0.133. The van der Waals surface area contributed by atoms with Crippen molar-refractivity contribution in [1.29, 1.82) is 5.26 Å². The number of nitriles is 1. The van der Waals surface area contributed by atoms with E-state index < -0.39 is 11.9 Å². The highest BCUT2D eigenvalue weighted by Gasteiger charge is 2.27. The molecule has 0 aromatic carbocycles. The minimum atomic E-state index is -0.545. The van der Waals surface area contributed by atoms with E-state index in [1.807, 2.05) is 6.07 Å². The van der Waals surface area contributed by atoms with E-state index in [9.17, 15) is 9.59 Å². The van der Waals surface area contributed by atoms with E-state index in [1.54, 1.807) is 13.0 Å². The summed E-state index contributed by atoms with van der Waals surface area (Å²) in [7, 11) is 0. The molecule has 0 aliphatic carbocycles. The van der Waals surface area contributed by atoms with Crippen LogP contribution in [0.3, 0.4) is 0 Å². The number of hydrogen-bond donors (Lipinski definition) is 2. The SMILES string of the molecule is Cc1cc(C#N)nc(NC2CCC(=O)NC2=O)n1. The van der Waals surface area contributed by atoms with Gasteiger partial charge in [-0.3, -0.25) is 14.9 Å². The first-order chi connectivity index (χ1) is 8.58. The molecule has 2 amide bonds. The summed E-state index contributed by atoms with van der Waals surface area (Å²) in [6, 6.07) is 2.92. The first-order valence-electron chi connectivity index (χ1n) is 5.44. The van der Waals surface area contributed by atoms with Crippen molar-refractivity contribution >= 4 is 17.8 Å². The minimum absolute atomic E-state index is 0.223. The van der Waals surface area contributed by atoms with Crippen LogP contribution >= 0.6 is 0 Å². The van der Waals surface area contributed by atoms with Crippen LogP contribution < -0.4 is 10.6 Å². The summed E-state index contributed by atoms with van der Waals surface area (Å²) in [5.41, 5.74) is 0.869. The molecule has 1 unspecified atom stereocenters. The van der Waals surface area contributed by atoms with Crippen molar-refractivity contribution in [2.24, 2.45) is 0 Å². The van der Waals surface area contributed by atoms with Crippen LogP contribution in [0.2, 0.25) is 0 Å². The number of nitrogens with one attached hydrogen (secondary N) is 2. The molecular formula is C11H11N5O2. The number of imide groups is 1. The second-order valence-electron chi connectivity index (χ2n) is 3.98. The van der Waals surface area contributed by atoms with Gasteiger partial charge < -0.3 is 5.32 Å². The van der Waals surface area contributed by atoms with Gasteiger partial charge in [-0.15, -0.1) is 0 Å². The molecule has 1 aliphatic rings. The summed E-state index contributed by atoms with van der Waals surface area (Å²) in [4.78, 5) is 30.6. The van der Waals surface area contributed by atoms with Gasteiger partial charge in [0.05, 0.1) is 0 Å². The van der Waals surface area contributed by atoms with Gasteiger partial charge in [0.25, 0.3) is 0 Å². The third kappa shape index (κ3) is 2.60. The smallest absolute Gasteiger partial charge is 0.249 e. The first-order valence-corrected chi connectivity index (χ1v) is 5.44. The van der Waals surface area contributed by atoms with E-state index in [0.29, 0.717) is 12.1 Å². The summed E-state index contributed by atoms with van der Waals surface area (Å²) < 4.78 is 0. The van der Waals surface area contributed by atoms with Crippen molar-refractivity contribution in [3.63, 3.8) is 0 Å². The van der Waals surface area contributed by atoms with Gasteiger partial charge in [0.2, 0.25) is 17.8 Å². The molecule has 2 N–H and O–H groups in total. The minimum Gasteiger partial charge on any atom is -0.342 e. The molecule has 7 nitrogen and oxygen atoms in total. The zero-order valence-electron chi connectivity index (χ0n) is 9.73. The van der Waals surface area contributed by atoms with Gasteiger partial charge in [0.15, 0.2) is 0 Å². The Labute approximate surface area is 103 Å². The quantitative estimate of drug-likeness (QED) is 0.703. The molecule has 7 heteroatoms. The molecule has 92 valence electrons. The molecule has 1 atom stereocenters. The Morgan fingerprint density at radius 1 is 1.50 bits per heavy atom. The lowest BCUT2D eigenvalue weighted by Crippen LogP contribution is -2.47. The van der Waals surface area contributed by atoms with Crippen LogP contribution in [-0.4, -0.2) is 27.8 Å². The van der Waals surface area contributed by atoms with Crippen molar-refractivity contribution in [2.45, 2.75) is 25.8 Å². The highest BCUT2D eigenvalue weighted by atomic mass is 16.2. The highest BCUT2D eigenvalue weighted by molar-refractivity contribution is 6.01. The summed E-state index contributed by atoms with van der Waals surface area (Å²) in [5, 5.41) is 13.8. The van der Waals surface area contributed by atoms with Crippen LogP contribution in [0.5, 0.6) is 0 Å². The van der Waals surface area contributed by atoms with Crippen LogP contribution in [0.25, 0.3) is 0 Å². The Bertz CT molecular complexity index is 549. The van der Waals surface area contributed by atoms with E-state index in [-0.39, 0.29) is 24.0 Å². The van der Waals surface area contributed by atoms with Crippen LogP contribution in [-0.2, 0) is 9.59 Å². The monoisotopic (exact) mass is 245 g/mol. The molecule has 2 rings (SSSR count). The molecule has 0 saturated carbocycles. The third-order valence-corrected chi connectivity index (χ3v) is 2.51. The lowest BCUT2D eigenvalue weighted by atomic mass is 10.1. The van der Waals surface area contributed by atoms with Gasteiger partial charge in [-0.25, -0.2) is 9.97 Å². The van der Waals surface area contributed by atoms with Gasteiger partial charge in [-0.2, -0.15) is 5.26 Å². The van der Waals surface area contributed by atoms with Crippen LogP contribution in [0.1, 0.15) is 24.2 Å². The molecule has 0 spiro atoms. The number of amides is 2. The molecule has 1 aromatic rings. The van der Waals surface area contributed by atoms with Gasteiger partial charge in [0, 0.05) is 12.1 Å². The largest absolute Gasteiger partial charge is 0.342 e. The average Bonchev–Trinajstić information content (AvgIpc) is 2.32. The fraction of sp³-hybridized carbons (Fsp3) is 0.364. The molecule has 18 heavy (non-hydrogen) atoms. The fourth-order valence-corrected chi connectivity index (χ4v) is 1.68. The number of anilines is 1. The van der Waals surface area contributed by atoms with Crippen molar-refractivity contribution in [2.75, 3.05) is 5.32 Å². The number of aryl methyl sites for hydroxylation is 1. The predicted octanol–water partition coefficient (Wildman–Crippen LogP) is -0.126. The topological polar surface area (TPSA) is 108 Å². The number of carbonyl (C=O) groups excluding carboxylic acids is 2. The van der Waals surface area contributed by atoms with Crippen molar-refractivity contribution < 1.29 is 9.59 Å². The van der Waals surface area contributed by atoms with Gasteiger partial charge in [-0.1, -0.05) is 0 Å². The molecule has 1 fully saturated rings. The van der Waals surface area contributed by atoms with E-state index in [0.717, 1.165) is 0 Å². The number of piperidine rings is 1. The Hall–Kier alpha value is -2.49. The fourth-order valence-electron chi connectivity index (χ4n) is 1.68. The number of aromatic nitrogens is 2. The van der Waals surface area contributed by atoms with Gasteiger partial charge in [0.1, 0.15) is 17.8 Å². The molecule has 1 aliphatic heterocycles. The Kier molecular flexibility index (Phi) is 3.19. The maximum atomic E-state index is 11.5. The number of hydrogen-bond acceptors (Lipinski definition) is 6. The Morgan fingerprint density at radius 2 is 2.28 bits per heavy atom. The number of nitrogens with zero attached hydrogens (tertiary/aromatic N) is 3. The maximum absolute atomic E-state index is 11.5. The molecule has 0 radical (unpaired) electrons. The van der Waals surface area contributed by atoms with E-state index in [2.05, 4.69) is 20.6 Å². The predicted molar refractivity (Wildman–Crippen MR) is 61.3 cm³/mol. The normalized spacial score (nSPS) is 19.0. The van der Waals surface area contributed by atoms with E-state index >= 15 is 0 Å². The lowest BCUT2D eigenvalue weighted by Gasteiger charge is -2.21. The van der Waals surface area contributed by atoms with Gasteiger partial charge in [-0.05, 0) is 19.4 Å². The molecule has 1 aromatic heterocycles. The maximum Gasteiger partial charge on any atom is 0.249 e. The Morgan fingerprint density at radius 3 is 2.94 bits per heavy atom. The first kappa shape index (κ1) is 12.0. The van der Waals surface area contributed by atoms with Crippen LogP contribution in [0, 0.1) is 18.3 Å². The molecule has 2 heterocycles. The third-order valence-electron chi connectivity index (χ3n) is 2.51. The zero-order chi connectivity index (χ0) is 13.1. The second kappa shape index (κ2) is 4.79. The van der Waals surface area contributed by atoms with Crippen LogP contribution in [0.4, 0.5) is 5.95 Å². The molecular weight excluding hydrogens is 234 g/mol. The Balaban J connectivity index is 2.14. The van der Waals surface area contributed by atoms with Gasteiger partial charge >= 0.3 is 0 Å². The molecule has 1 saturated heterocycles. The zero-order valence-corrected chi connectivity index (χ0v) is 9.73. The summed E-state index contributed by atoms with van der Waals surface area (Å²) >= 11 is 0. The highest BCUT2D eigenvalue weighted by Crippen LogP contribution is 2.11. The van der Waals surface area contributed by atoms with Crippen LogP contribution in [0.15, 0.2) is 6.07 Å². The summed E-state index contributed by atoms with van der Waals surface area (Å²) in [6.45, 7) is 1.73. The number of carbonyl (C=O) groups is 2.